The van der Waals surface area contributed by atoms with Gasteiger partial charge in [-0.3, -0.25) is 0 Å². The SMILES string of the molecule is C#CC(c1ccccc1)N(CC=C=C)S(=O)(=O)c1ccc(C)cc1. The zero-order chi connectivity index (χ0) is 17.6. The molecule has 0 bridgehead atoms. The number of nitrogens with zero attached hydrogens (tertiary/aromatic N) is 1. The summed E-state index contributed by atoms with van der Waals surface area (Å²) in [6.07, 6.45) is 7.22. The molecule has 122 valence electrons. The van der Waals surface area contributed by atoms with Gasteiger partial charge in [-0.1, -0.05) is 60.5 Å². The predicted octanol–water partition coefficient (Wildman–Crippen LogP) is 3.70. The van der Waals surface area contributed by atoms with Gasteiger partial charge < -0.3 is 0 Å². The minimum atomic E-state index is -3.76. The van der Waals surface area contributed by atoms with Crippen molar-refractivity contribution in [1.82, 2.24) is 4.31 Å². The van der Waals surface area contributed by atoms with Gasteiger partial charge in [-0.05, 0) is 30.7 Å². The monoisotopic (exact) mass is 337 g/mol. The summed E-state index contributed by atoms with van der Waals surface area (Å²) in [6, 6.07) is 15.2. The average molecular weight is 337 g/mol. The summed E-state index contributed by atoms with van der Waals surface area (Å²) in [4.78, 5) is 0.210. The number of hydrogen-bond acceptors (Lipinski definition) is 2. The van der Waals surface area contributed by atoms with Crippen LogP contribution in [-0.4, -0.2) is 19.3 Å². The molecule has 4 heteroatoms. The highest BCUT2D eigenvalue weighted by Crippen LogP contribution is 2.27. The first-order valence-electron chi connectivity index (χ1n) is 7.44. The van der Waals surface area contributed by atoms with Crippen LogP contribution in [0.3, 0.4) is 0 Å². The van der Waals surface area contributed by atoms with Crippen LogP contribution in [0.5, 0.6) is 0 Å². The third-order valence-electron chi connectivity index (χ3n) is 3.60. The van der Waals surface area contributed by atoms with Crippen molar-refractivity contribution in [3.05, 3.63) is 84.1 Å². The Labute approximate surface area is 144 Å². The van der Waals surface area contributed by atoms with E-state index >= 15 is 0 Å². The molecule has 0 fully saturated rings. The number of sulfonamides is 1. The fourth-order valence-corrected chi connectivity index (χ4v) is 3.81. The maximum atomic E-state index is 13.1. The molecule has 0 aromatic heterocycles. The molecule has 2 rings (SSSR count). The first-order chi connectivity index (χ1) is 11.5. The molecule has 0 radical (unpaired) electrons. The quantitative estimate of drug-likeness (QED) is 0.595. The van der Waals surface area contributed by atoms with Gasteiger partial charge in [0.05, 0.1) is 4.90 Å². The van der Waals surface area contributed by atoms with E-state index in [-0.39, 0.29) is 11.4 Å². The minimum Gasteiger partial charge on any atom is -0.207 e. The molecule has 0 N–H and O–H groups in total. The summed E-state index contributed by atoms with van der Waals surface area (Å²) in [6.45, 7) is 5.51. The van der Waals surface area contributed by atoms with E-state index in [1.807, 2.05) is 37.3 Å². The van der Waals surface area contributed by atoms with Crippen molar-refractivity contribution in [2.45, 2.75) is 17.9 Å². The third kappa shape index (κ3) is 3.84. The van der Waals surface area contributed by atoms with Gasteiger partial charge >= 0.3 is 0 Å². The van der Waals surface area contributed by atoms with Crippen molar-refractivity contribution in [2.24, 2.45) is 0 Å². The Morgan fingerprint density at radius 2 is 1.79 bits per heavy atom. The summed E-state index contributed by atoms with van der Waals surface area (Å²) in [5, 5.41) is 0. The second-order valence-electron chi connectivity index (χ2n) is 5.28. The van der Waals surface area contributed by atoms with Gasteiger partial charge in [-0.2, -0.15) is 4.31 Å². The highest BCUT2D eigenvalue weighted by atomic mass is 32.2. The molecule has 0 amide bonds. The molecule has 1 unspecified atom stereocenters. The van der Waals surface area contributed by atoms with Crippen LogP contribution in [0, 0.1) is 19.3 Å². The Bertz CT molecular complexity index is 871. The predicted molar refractivity (Wildman–Crippen MR) is 96.8 cm³/mol. The molecule has 24 heavy (non-hydrogen) atoms. The second kappa shape index (κ2) is 7.81. The van der Waals surface area contributed by atoms with Gasteiger partial charge in [-0.25, -0.2) is 8.42 Å². The number of aryl methyl sites for hydroxylation is 1. The summed E-state index contributed by atoms with van der Waals surface area (Å²) in [5.41, 5.74) is 4.34. The van der Waals surface area contributed by atoms with Gasteiger partial charge in [0.25, 0.3) is 0 Å². The van der Waals surface area contributed by atoms with Crippen LogP contribution in [0.4, 0.5) is 0 Å². The lowest BCUT2D eigenvalue weighted by atomic mass is 10.1. The standard InChI is InChI=1S/C20H19NO2S/c1-4-6-16-21(20(5-2)18-10-8-7-9-11-18)24(22,23)19-14-12-17(3)13-15-19/h2,6-15,20H,1,16H2,3H3. The van der Waals surface area contributed by atoms with Crippen molar-refractivity contribution in [1.29, 1.82) is 0 Å². The average Bonchev–Trinajstić information content (AvgIpc) is 2.59. The van der Waals surface area contributed by atoms with E-state index < -0.39 is 16.1 Å². The molecule has 0 saturated heterocycles. The van der Waals surface area contributed by atoms with Crippen LogP contribution < -0.4 is 0 Å². The van der Waals surface area contributed by atoms with Gasteiger partial charge in [0.15, 0.2) is 0 Å². The largest absolute Gasteiger partial charge is 0.244 e. The van der Waals surface area contributed by atoms with Crippen LogP contribution in [-0.2, 0) is 10.0 Å². The zero-order valence-corrected chi connectivity index (χ0v) is 14.3. The summed E-state index contributed by atoms with van der Waals surface area (Å²) in [5.74, 6) is 2.59. The molecular weight excluding hydrogens is 318 g/mol. The summed E-state index contributed by atoms with van der Waals surface area (Å²) in [7, 11) is -3.76. The number of hydrogen-bond donors (Lipinski definition) is 0. The Balaban J connectivity index is 2.53. The van der Waals surface area contributed by atoms with Gasteiger partial charge in [0, 0.05) is 6.54 Å². The van der Waals surface area contributed by atoms with E-state index in [9.17, 15) is 8.42 Å². The number of rotatable bonds is 6. The fourth-order valence-electron chi connectivity index (χ4n) is 2.32. The second-order valence-corrected chi connectivity index (χ2v) is 7.17. The number of terminal acetylenes is 1. The Morgan fingerprint density at radius 1 is 1.17 bits per heavy atom. The smallest absolute Gasteiger partial charge is 0.207 e. The van der Waals surface area contributed by atoms with E-state index in [1.165, 1.54) is 4.31 Å². The molecule has 0 aliphatic carbocycles. The Kier molecular flexibility index (Phi) is 5.78. The van der Waals surface area contributed by atoms with Crippen LogP contribution in [0.1, 0.15) is 17.2 Å². The summed E-state index contributed by atoms with van der Waals surface area (Å²) < 4.78 is 27.5. The van der Waals surface area contributed by atoms with E-state index in [4.69, 9.17) is 6.42 Å². The highest BCUT2D eigenvalue weighted by Gasteiger charge is 2.30. The first kappa shape index (κ1) is 17.8. The zero-order valence-electron chi connectivity index (χ0n) is 13.5. The maximum Gasteiger partial charge on any atom is 0.244 e. The topological polar surface area (TPSA) is 37.4 Å². The molecule has 0 aliphatic rings. The van der Waals surface area contributed by atoms with Crippen molar-refractivity contribution in [3.8, 4) is 12.3 Å². The van der Waals surface area contributed by atoms with E-state index in [0.29, 0.717) is 0 Å². The maximum absolute atomic E-state index is 13.1. The lowest BCUT2D eigenvalue weighted by Crippen LogP contribution is -2.34. The van der Waals surface area contributed by atoms with E-state index in [0.717, 1.165) is 11.1 Å². The summed E-state index contributed by atoms with van der Waals surface area (Å²) >= 11 is 0. The normalized spacial score (nSPS) is 12.2. The lowest BCUT2D eigenvalue weighted by molar-refractivity contribution is 0.406. The fraction of sp³-hybridized carbons (Fsp3) is 0.150. The van der Waals surface area contributed by atoms with Crippen molar-refractivity contribution in [3.63, 3.8) is 0 Å². The van der Waals surface area contributed by atoms with Gasteiger partial charge in [0.2, 0.25) is 10.0 Å². The number of benzene rings is 2. The van der Waals surface area contributed by atoms with Crippen molar-refractivity contribution >= 4 is 10.0 Å². The van der Waals surface area contributed by atoms with E-state index in [1.54, 1.807) is 30.3 Å². The minimum absolute atomic E-state index is 0.101. The van der Waals surface area contributed by atoms with Gasteiger partial charge in [-0.15, -0.1) is 12.2 Å². The molecule has 0 spiro atoms. The van der Waals surface area contributed by atoms with Gasteiger partial charge in [0.1, 0.15) is 6.04 Å². The highest BCUT2D eigenvalue weighted by molar-refractivity contribution is 7.89. The van der Waals surface area contributed by atoms with Crippen LogP contribution in [0.2, 0.25) is 0 Å². The lowest BCUT2D eigenvalue weighted by Gasteiger charge is -2.26. The molecule has 0 heterocycles. The van der Waals surface area contributed by atoms with Crippen LogP contribution in [0.15, 0.2) is 77.9 Å². The van der Waals surface area contributed by atoms with Crippen LogP contribution in [0.25, 0.3) is 0 Å². The molecule has 3 nitrogen and oxygen atoms in total. The third-order valence-corrected chi connectivity index (χ3v) is 5.45. The van der Waals surface area contributed by atoms with E-state index in [2.05, 4.69) is 18.2 Å². The molecule has 2 aromatic carbocycles. The molecular formula is C20H19NO2S. The first-order valence-corrected chi connectivity index (χ1v) is 8.88. The van der Waals surface area contributed by atoms with Crippen molar-refractivity contribution < 1.29 is 8.42 Å². The molecule has 1 atom stereocenters. The Hall–Kier alpha value is -2.57. The Morgan fingerprint density at radius 3 is 2.33 bits per heavy atom. The van der Waals surface area contributed by atoms with Crippen LogP contribution >= 0.6 is 0 Å². The molecule has 2 aromatic rings. The molecule has 0 saturated carbocycles. The molecule has 0 aliphatic heterocycles. The van der Waals surface area contributed by atoms with Crippen molar-refractivity contribution in [2.75, 3.05) is 6.54 Å².